The normalized spacial score (nSPS) is 16.9. The Hall–Kier alpha value is -2.22. The van der Waals surface area contributed by atoms with Crippen molar-refractivity contribution >= 4 is 17.9 Å². The molecular weight excluding hydrogens is 284 g/mol. The van der Waals surface area contributed by atoms with Crippen molar-refractivity contribution in [3.8, 4) is 0 Å². The number of imide groups is 1. The molecule has 0 aliphatic carbocycles. The maximum absolute atomic E-state index is 12.0. The molecule has 2 rings (SSSR count). The molecule has 22 heavy (non-hydrogen) atoms. The highest BCUT2D eigenvalue weighted by Gasteiger charge is 2.27. The molecule has 120 valence electrons. The van der Waals surface area contributed by atoms with Gasteiger partial charge in [0.2, 0.25) is 11.9 Å². The largest absolute Gasteiger partial charge is 0.338 e. The van der Waals surface area contributed by atoms with Crippen LogP contribution in [-0.4, -0.2) is 65.6 Å². The van der Waals surface area contributed by atoms with Crippen LogP contribution in [0.5, 0.6) is 0 Å². The van der Waals surface area contributed by atoms with E-state index in [1.807, 2.05) is 11.8 Å². The van der Waals surface area contributed by atoms with Crippen molar-refractivity contribution in [2.24, 2.45) is 0 Å². The summed E-state index contributed by atoms with van der Waals surface area (Å²) in [4.78, 5) is 36.0. The Morgan fingerprint density at radius 1 is 1.23 bits per heavy atom. The van der Waals surface area contributed by atoms with Crippen LogP contribution in [0.3, 0.4) is 0 Å². The lowest BCUT2D eigenvalue weighted by molar-refractivity contribution is -0.124. The molecule has 1 aromatic rings. The summed E-state index contributed by atoms with van der Waals surface area (Å²) in [6.07, 6.45) is 3.44. The van der Waals surface area contributed by atoms with Crippen LogP contribution in [0.15, 0.2) is 18.5 Å². The first-order valence-corrected chi connectivity index (χ1v) is 7.46. The summed E-state index contributed by atoms with van der Waals surface area (Å²) in [5, 5.41) is 4.90. The Bertz CT molecular complexity index is 501. The van der Waals surface area contributed by atoms with Gasteiger partial charge in [-0.25, -0.2) is 14.8 Å². The van der Waals surface area contributed by atoms with E-state index < -0.39 is 6.03 Å². The van der Waals surface area contributed by atoms with Crippen molar-refractivity contribution in [3.05, 3.63) is 18.5 Å². The molecule has 1 aliphatic rings. The number of piperazine rings is 1. The van der Waals surface area contributed by atoms with Crippen LogP contribution >= 0.6 is 0 Å². The molecule has 2 N–H and O–H groups in total. The molecule has 0 aromatic carbocycles. The van der Waals surface area contributed by atoms with Gasteiger partial charge < -0.3 is 10.2 Å². The smallest absolute Gasteiger partial charge is 0.321 e. The monoisotopic (exact) mass is 306 g/mol. The van der Waals surface area contributed by atoms with Gasteiger partial charge in [0.15, 0.2) is 0 Å². The molecule has 3 amide bonds. The number of nitrogens with zero attached hydrogens (tertiary/aromatic N) is 4. The Balaban J connectivity index is 1.83. The minimum Gasteiger partial charge on any atom is -0.338 e. The molecule has 0 spiro atoms. The number of amides is 3. The van der Waals surface area contributed by atoms with E-state index in [2.05, 4.69) is 25.5 Å². The average molecular weight is 306 g/mol. The number of hydrogen-bond donors (Lipinski definition) is 2. The molecule has 1 fully saturated rings. The third-order valence-corrected chi connectivity index (χ3v) is 3.65. The fourth-order valence-corrected chi connectivity index (χ4v) is 2.35. The second kappa shape index (κ2) is 7.69. The Morgan fingerprint density at radius 2 is 1.86 bits per heavy atom. The van der Waals surface area contributed by atoms with Gasteiger partial charge in [0, 0.05) is 45.1 Å². The van der Waals surface area contributed by atoms with Gasteiger partial charge in [-0.05, 0) is 19.9 Å². The molecule has 0 bridgehead atoms. The highest BCUT2D eigenvalue weighted by Crippen LogP contribution is 2.11. The quantitative estimate of drug-likeness (QED) is 0.803. The summed E-state index contributed by atoms with van der Waals surface area (Å²) in [6, 6.07) is 0.991. The number of nitrogens with one attached hydrogen (secondary N) is 2. The average Bonchev–Trinajstić information content (AvgIpc) is 2.55. The third-order valence-electron chi connectivity index (χ3n) is 3.65. The SMILES string of the molecule is CCNC(=O)NC(=O)C(C)N1CCN(c2ncccn2)CC1. The molecule has 0 saturated carbocycles. The first kappa shape index (κ1) is 16.2. The number of aromatic nitrogens is 2. The first-order chi connectivity index (χ1) is 10.6. The summed E-state index contributed by atoms with van der Waals surface area (Å²) in [5.74, 6) is 0.428. The zero-order valence-corrected chi connectivity index (χ0v) is 13.0. The first-order valence-electron chi connectivity index (χ1n) is 7.46. The Morgan fingerprint density at radius 3 is 2.45 bits per heavy atom. The van der Waals surface area contributed by atoms with Crippen molar-refractivity contribution in [1.82, 2.24) is 25.5 Å². The van der Waals surface area contributed by atoms with E-state index in [1.165, 1.54) is 0 Å². The van der Waals surface area contributed by atoms with Crippen molar-refractivity contribution in [1.29, 1.82) is 0 Å². The molecule has 8 heteroatoms. The molecular formula is C14H22N6O2. The van der Waals surface area contributed by atoms with Gasteiger partial charge in [-0.2, -0.15) is 0 Å². The lowest BCUT2D eigenvalue weighted by atomic mass is 10.2. The van der Waals surface area contributed by atoms with E-state index >= 15 is 0 Å². The second-order valence-corrected chi connectivity index (χ2v) is 5.10. The van der Waals surface area contributed by atoms with Gasteiger partial charge in [0.05, 0.1) is 6.04 Å². The van der Waals surface area contributed by atoms with Gasteiger partial charge in [0.25, 0.3) is 0 Å². The summed E-state index contributed by atoms with van der Waals surface area (Å²) in [7, 11) is 0. The minimum absolute atomic E-state index is 0.282. The fraction of sp³-hybridized carbons (Fsp3) is 0.571. The van der Waals surface area contributed by atoms with Crippen molar-refractivity contribution in [3.63, 3.8) is 0 Å². The van der Waals surface area contributed by atoms with Crippen LogP contribution in [0.4, 0.5) is 10.7 Å². The minimum atomic E-state index is -0.448. The zero-order valence-electron chi connectivity index (χ0n) is 13.0. The van der Waals surface area contributed by atoms with E-state index in [0.29, 0.717) is 12.5 Å². The molecule has 2 heterocycles. The van der Waals surface area contributed by atoms with Crippen LogP contribution in [0.2, 0.25) is 0 Å². The Labute approximate surface area is 129 Å². The van der Waals surface area contributed by atoms with Crippen LogP contribution in [-0.2, 0) is 4.79 Å². The highest BCUT2D eigenvalue weighted by molar-refractivity contribution is 5.96. The summed E-state index contributed by atoms with van der Waals surface area (Å²) < 4.78 is 0. The number of urea groups is 1. The van der Waals surface area contributed by atoms with E-state index in [-0.39, 0.29) is 11.9 Å². The van der Waals surface area contributed by atoms with Crippen LogP contribution < -0.4 is 15.5 Å². The van der Waals surface area contributed by atoms with Crippen molar-refractivity contribution in [2.45, 2.75) is 19.9 Å². The van der Waals surface area contributed by atoms with E-state index in [0.717, 1.165) is 26.2 Å². The van der Waals surface area contributed by atoms with E-state index in [4.69, 9.17) is 0 Å². The second-order valence-electron chi connectivity index (χ2n) is 5.10. The van der Waals surface area contributed by atoms with Crippen molar-refractivity contribution < 1.29 is 9.59 Å². The zero-order chi connectivity index (χ0) is 15.9. The van der Waals surface area contributed by atoms with Crippen LogP contribution in [0.25, 0.3) is 0 Å². The number of hydrogen-bond acceptors (Lipinski definition) is 6. The molecule has 1 unspecified atom stereocenters. The van der Waals surface area contributed by atoms with Crippen molar-refractivity contribution in [2.75, 3.05) is 37.6 Å². The lowest BCUT2D eigenvalue weighted by Crippen LogP contribution is -2.55. The molecule has 1 aliphatic heterocycles. The summed E-state index contributed by atoms with van der Waals surface area (Å²) >= 11 is 0. The third kappa shape index (κ3) is 4.14. The van der Waals surface area contributed by atoms with Gasteiger partial charge in [-0.15, -0.1) is 0 Å². The summed E-state index contributed by atoms with van der Waals surface area (Å²) in [6.45, 7) is 7.06. The molecule has 8 nitrogen and oxygen atoms in total. The maximum Gasteiger partial charge on any atom is 0.321 e. The number of carbonyl (C=O) groups excluding carboxylic acids is 2. The van der Waals surface area contributed by atoms with E-state index in [9.17, 15) is 9.59 Å². The highest BCUT2D eigenvalue weighted by atomic mass is 16.2. The Kier molecular flexibility index (Phi) is 5.65. The lowest BCUT2D eigenvalue weighted by Gasteiger charge is -2.37. The topological polar surface area (TPSA) is 90.5 Å². The number of rotatable bonds is 4. The number of carbonyl (C=O) groups is 2. The molecule has 0 radical (unpaired) electrons. The van der Waals surface area contributed by atoms with Gasteiger partial charge >= 0.3 is 6.03 Å². The standard InChI is InChI=1S/C14H22N6O2/c1-3-15-14(22)18-12(21)11(2)19-7-9-20(10-8-19)13-16-5-4-6-17-13/h4-6,11H,3,7-10H2,1-2H3,(H2,15,18,21,22). The molecule has 1 aromatic heterocycles. The van der Waals surface area contributed by atoms with Crippen LogP contribution in [0, 0.1) is 0 Å². The fourth-order valence-electron chi connectivity index (χ4n) is 2.35. The van der Waals surface area contributed by atoms with Crippen LogP contribution in [0.1, 0.15) is 13.8 Å². The maximum atomic E-state index is 12.0. The predicted octanol–water partition coefficient (Wildman–Crippen LogP) is -0.167. The summed E-state index contributed by atoms with van der Waals surface area (Å²) in [5.41, 5.74) is 0. The molecule has 1 atom stereocenters. The van der Waals surface area contributed by atoms with E-state index in [1.54, 1.807) is 25.4 Å². The molecule has 1 saturated heterocycles. The van der Waals surface area contributed by atoms with Gasteiger partial charge in [-0.3, -0.25) is 15.0 Å². The van der Waals surface area contributed by atoms with Gasteiger partial charge in [0.1, 0.15) is 0 Å². The number of anilines is 1. The van der Waals surface area contributed by atoms with Gasteiger partial charge in [-0.1, -0.05) is 0 Å². The predicted molar refractivity (Wildman–Crippen MR) is 82.5 cm³/mol.